The number of nitrogens with zero attached hydrogens (tertiary/aromatic N) is 3. The Morgan fingerprint density at radius 1 is 1.20 bits per heavy atom. The molecule has 0 radical (unpaired) electrons. The number of carbonyl (C=O) groups excluding carboxylic acids is 1. The number of thioether (sulfide) groups is 1. The molecular weight excluding hydrogens is 394 g/mol. The molecule has 0 aromatic heterocycles. The van der Waals surface area contributed by atoms with Crippen molar-refractivity contribution in [2.75, 3.05) is 19.2 Å². The summed E-state index contributed by atoms with van der Waals surface area (Å²) in [5.41, 5.74) is 2.90. The number of hydrogen-bond acceptors (Lipinski definition) is 5. The molecule has 1 fully saturated rings. The maximum absolute atomic E-state index is 13.1. The second-order valence-electron chi connectivity index (χ2n) is 7.50. The molecule has 5 nitrogen and oxygen atoms in total. The van der Waals surface area contributed by atoms with E-state index < -0.39 is 0 Å². The molecular formula is C24H25N3O2S. The molecule has 30 heavy (non-hydrogen) atoms. The normalized spacial score (nSPS) is 20.5. The second kappa shape index (κ2) is 8.95. The van der Waals surface area contributed by atoms with E-state index in [1.54, 1.807) is 16.7 Å². The molecule has 6 heteroatoms. The Labute approximate surface area is 181 Å². The van der Waals surface area contributed by atoms with E-state index in [2.05, 4.69) is 30.0 Å². The van der Waals surface area contributed by atoms with E-state index in [4.69, 9.17) is 4.74 Å². The van der Waals surface area contributed by atoms with Gasteiger partial charge in [0.05, 0.1) is 35.8 Å². The zero-order valence-corrected chi connectivity index (χ0v) is 18.1. The van der Waals surface area contributed by atoms with Crippen LogP contribution in [-0.4, -0.2) is 34.9 Å². The van der Waals surface area contributed by atoms with Gasteiger partial charge >= 0.3 is 0 Å². The molecule has 2 heterocycles. The maximum Gasteiger partial charge on any atom is 0.229 e. The largest absolute Gasteiger partial charge is 0.494 e. The minimum absolute atomic E-state index is 0.0698. The maximum atomic E-state index is 13.1. The standard InChI is InChI=1S/C24H25N3O2S/c1-3-29-20-11-9-19(10-12-20)21-13-23(28)27-15-26(16-30-24(27)22(21)14-25)17(2)18-7-5-4-6-8-18/h4-12,17,21H,3,13,15-16H2,1-2H3/t17-,21-/m1/s1. The Hall–Kier alpha value is -2.75. The van der Waals surface area contributed by atoms with Crippen LogP contribution in [-0.2, 0) is 4.79 Å². The lowest BCUT2D eigenvalue weighted by Crippen LogP contribution is -2.47. The smallest absolute Gasteiger partial charge is 0.229 e. The minimum Gasteiger partial charge on any atom is -0.494 e. The fourth-order valence-corrected chi connectivity index (χ4v) is 5.26. The van der Waals surface area contributed by atoms with E-state index in [9.17, 15) is 10.1 Å². The summed E-state index contributed by atoms with van der Waals surface area (Å²) in [6.45, 7) is 5.23. The highest BCUT2D eigenvalue weighted by Gasteiger charge is 2.39. The summed E-state index contributed by atoms with van der Waals surface area (Å²) in [5.74, 6) is 1.42. The van der Waals surface area contributed by atoms with Crippen molar-refractivity contribution in [3.63, 3.8) is 0 Å². The fourth-order valence-electron chi connectivity index (χ4n) is 4.01. The molecule has 154 valence electrons. The Bertz CT molecular complexity index is 982. The Morgan fingerprint density at radius 3 is 2.60 bits per heavy atom. The van der Waals surface area contributed by atoms with Crippen LogP contribution in [0.3, 0.4) is 0 Å². The first-order chi connectivity index (χ1) is 14.6. The van der Waals surface area contributed by atoms with Crippen LogP contribution in [0.4, 0.5) is 0 Å². The number of benzene rings is 2. The minimum atomic E-state index is -0.199. The third-order valence-corrected chi connectivity index (χ3v) is 6.91. The van der Waals surface area contributed by atoms with E-state index >= 15 is 0 Å². The molecule has 0 N–H and O–H groups in total. The van der Waals surface area contributed by atoms with E-state index in [0.717, 1.165) is 22.2 Å². The summed E-state index contributed by atoms with van der Waals surface area (Å²) in [7, 11) is 0. The van der Waals surface area contributed by atoms with Gasteiger partial charge in [-0.25, -0.2) is 0 Å². The van der Waals surface area contributed by atoms with Gasteiger partial charge in [0.2, 0.25) is 5.91 Å². The lowest BCUT2D eigenvalue weighted by molar-refractivity contribution is -0.132. The molecule has 0 spiro atoms. The lowest BCUT2D eigenvalue weighted by Gasteiger charge is -2.43. The van der Waals surface area contributed by atoms with Gasteiger partial charge in [-0.3, -0.25) is 14.6 Å². The van der Waals surface area contributed by atoms with Crippen molar-refractivity contribution in [1.29, 1.82) is 5.26 Å². The van der Waals surface area contributed by atoms with Crippen molar-refractivity contribution in [1.82, 2.24) is 9.80 Å². The van der Waals surface area contributed by atoms with Gasteiger partial charge in [0.15, 0.2) is 0 Å². The SMILES string of the molecule is CCOc1ccc([C@H]2CC(=O)N3CN([C@H](C)c4ccccc4)CSC3=C2C#N)cc1. The molecule has 0 unspecified atom stereocenters. The molecule has 1 saturated heterocycles. The number of amides is 1. The van der Waals surface area contributed by atoms with Gasteiger partial charge in [-0.2, -0.15) is 5.26 Å². The fraction of sp³-hybridized carbons (Fsp3) is 0.333. The van der Waals surface area contributed by atoms with Crippen LogP contribution in [0.5, 0.6) is 5.75 Å². The van der Waals surface area contributed by atoms with Crippen molar-refractivity contribution in [2.45, 2.75) is 32.2 Å². The molecule has 2 aliphatic heterocycles. The molecule has 2 aromatic rings. The first-order valence-corrected chi connectivity index (χ1v) is 11.2. The first-order valence-electron chi connectivity index (χ1n) is 10.2. The van der Waals surface area contributed by atoms with Gasteiger partial charge in [0.1, 0.15) is 5.75 Å². The van der Waals surface area contributed by atoms with Gasteiger partial charge < -0.3 is 4.74 Å². The van der Waals surface area contributed by atoms with E-state index in [0.29, 0.717) is 25.3 Å². The van der Waals surface area contributed by atoms with Crippen LogP contribution >= 0.6 is 11.8 Å². The molecule has 2 aliphatic rings. The summed E-state index contributed by atoms with van der Waals surface area (Å²) in [4.78, 5) is 17.1. The summed E-state index contributed by atoms with van der Waals surface area (Å²) in [6.07, 6.45) is 0.314. The van der Waals surface area contributed by atoms with Crippen LogP contribution in [0.2, 0.25) is 0 Å². The highest BCUT2D eigenvalue weighted by molar-refractivity contribution is 8.03. The van der Waals surface area contributed by atoms with Crippen LogP contribution in [0.15, 0.2) is 65.2 Å². The molecule has 2 aromatic carbocycles. The zero-order valence-electron chi connectivity index (χ0n) is 17.2. The van der Waals surface area contributed by atoms with E-state index in [1.165, 1.54) is 5.56 Å². The predicted octanol–water partition coefficient (Wildman–Crippen LogP) is 4.86. The van der Waals surface area contributed by atoms with Crippen LogP contribution in [0.25, 0.3) is 0 Å². The zero-order chi connectivity index (χ0) is 21.1. The van der Waals surface area contributed by atoms with Crippen molar-refractivity contribution < 1.29 is 9.53 Å². The summed E-state index contributed by atoms with van der Waals surface area (Å²) < 4.78 is 5.52. The number of ether oxygens (including phenoxy) is 1. The molecule has 2 atom stereocenters. The molecule has 0 aliphatic carbocycles. The first kappa shape index (κ1) is 20.5. The second-order valence-corrected chi connectivity index (χ2v) is 8.44. The van der Waals surface area contributed by atoms with Crippen molar-refractivity contribution in [2.24, 2.45) is 0 Å². The summed E-state index contributed by atoms with van der Waals surface area (Å²) >= 11 is 1.59. The third kappa shape index (κ3) is 3.96. The Kier molecular flexibility index (Phi) is 6.12. The predicted molar refractivity (Wildman–Crippen MR) is 118 cm³/mol. The number of fused-ring (bicyclic) bond motifs is 1. The number of rotatable bonds is 5. The van der Waals surface area contributed by atoms with Crippen molar-refractivity contribution >= 4 is 17.7 Å². The number of allylic oxidation sites excluding steroid dienone is 1. The van der Waals surface area contributed by atoms with Gasteiger partial charge in [0.25, 0.3) is 0 Å². The highest BCUT2D eigenvalue weighted by Crippen LogP contribution is 2.43. The lowest BCUT2D eigenvalue weighted by atomic mass is 9.86. The Balaban J connectivity index is 1.58. The van der Waals surface area contributed by atoms with Gasteiger partial charge in [-0.1, -0.05) is 54.2 Å². The van der Waals surface area contributed by atoms with Crippen LogP contribution in [0.1, 0.15) is 43.4 Å². The molecule has 4 rings (SSSR count). The quantitative estimate of drug-likeness (QED) is 0.693. The molecule has 0 bridgehead atoms. The highest BCUT2D eigenvalue weighted by atomic mass is 32.2. The average molecular weight is 420 g/mol. The van der Waals surface area contributed by atoms with Gasteiger partial charge in [-0.15, -0.1) is 0 Å². The Morgan fingerprint density at radius 2 is 1.93 bits per heavy atom. The van der Waals surface area contributed by atoms with Gasteiger partial charge in [-0.05, 0) is 37.1 Å². The summed E-state index contributed by atoms with van der Waals surface area (Å²) in [5, 5.41) is 10.8. The monoisotopic (exact) mass is 419 g/mol. The van der Waals surface area contributed by atoms with Crippen LogP contribution in [0, 0.1) is 11.3 Å². The van der Waals surface area contributed by atoms with E-state index in [1.807, 2.05) is 49.4 Å². The number of nitriles is 1. The third-order valence-electron chi connectivity index (χ3n) is 5.74. The van der Waals surface area contributed by atoms with Crippen molar-refractivity contribution in [3.8, 4) is 11.8 Å². The molecule has 1 amide bonds. The summed E-state index contributed by atoms with van der Waals surface area (Å²) in [6, 6.07) is 20.7. The molecule has 0 saturated carbocycles. The van der Waals surface area contributed by atoms with Crippen molar-refractivity contribution in [3.05, 3.63) is 76.3 Å². The topological polar surface area (TPSA) is 56.6 Å². The number of carbonyl (C=O) groups is 1. The van der Waals surface area contributed by atoms with Crippen LogP contribution < -0.4 is 4.74 Å². The van der Waals surface area contributed by atoms with E-state index in [-0.39, 0.29) is 17.9 Å². The number of hydrogen-bond donors (Lipinski definition) is 0. The average Bonchev–Trinajstić information content (AvgIpc) is 2.79. The van der Waals surface area contributed by atoms with Gasteiger partial charge in [0, 0.05) is 18.4 Å².